The number of esters is 2. The van der Waals surface area contributed by atoms with E-state index >= 15 is 0 Å². The number of nitrogens with zero attached hydrogens (tertiary/aromatic N) is 5. The van der Waals surface area contributed by atoms with Gasteiger partial charge < -0.3 is 39.3 Å². The molecule has 13 heteroatoms. The van der Waals surface area contributed by atoms with Gasteiger partial charge in [0.2, 0.25) is 0 Å². The standard InChI is InChI=1S/C15H21N3O2.C13H19N3O.C7H9NO2.C2H7N/c1-4-16-8-6-12-10-18(5-2)15-14(12)13(7-9-17-15)20-11(3)19;1-4-16-9-10(5-6-14-2)12-7-11(17-3)8-15-13(12)16;1-6(4-5-8-3)10-7(2)9;1-3-2/h7,9-10,16H,4-6,8H2,1-3H3;7-9,14H,4-6H2,1-3H3;4-5H,1,3H2,2H3;3H,1-2H3/b;;5-4-;. The highest BCUT2D eigenvalue weighted by molar-refractivity contribution is 5.89. The Balaban J connectivity index is 0.000000378. The molecule has 50 heavy (non-hydrogen) atoms. The van der Waals surface area contributed by atoms with Gasteiger partial charge in [0.25, 0.3) is 0 Å². The summed E-state index contributed by atoms with van der Waals surface area (Å²) in [6.07, 6.45) is 12.5. The van der Waals surface area contributed by atoms with Crippen molar-refractivity contribution >= 4 is 40.7 Å². The van der Waals surface area contributed by atoms with E-state index < -0.39 is 5.97 Å². The number of aliphatic imine (C=N–C) groups is 1. The van der Waals surface area contributed by atoms with E-state index in [4.69, 9.17) is 9.47 Å². The Labute approximate surface area is 296 Å². The number of hydrogen-bond acceptors (Lipinski definition) is 11. The van der Waals surface area contributed by atoms with Gasteiger partial charge in [0.1, 0.15) is 28.6 Å². The smallest absolute Gasteiger partial charge is 0.308 e. The lowest BCUT2D eigenvalue weighted by atomic mass is 10.1. The maximum absolute atomic E-state index is 11.2. The maximum atomic E-state index is 11.2. The first-order valence-corrected chi connectivity index (χ1v) is 16.7. The molecule has 4 aromatic heterocycles. The number of rotatable bonds is 14. The number of ether oxygens (including phenoxy) is 3. The molecule has 3 N–H and O–H groups in total. The van der Waals surface area contributed by atoms with Crippen LogP contribution in [0.3, 0.4) is 0 Å². The van der Waals surface area contributed by atoms with E-state index in [0.29, 0.717) is 5.75 Å². The van der Waals surface area contributed by atoms with Crippen LogP contribution in [0.4, 0.5) is 0 Å². The minimum atomic E-state index is -0.390. The van der Waals surface area contributed by atoms with Gasteiger partial charge in [-0.2, -0.15) is 0 Å². The second kappa shape index (κ2) is 24.3. The largest absolute Gasteiger partial charge is 0.495 e. The number of aryl methyl sites for hydroxylation is 2. The summed E-state index contributed by atoms with van der Waals surface area (Å²) in [6.45, 7) is 20.2. The van der Waals surface area contributed by atoms with Crippen LogP contribution in [0.15, 0.2) is 66.5 Å². The van der Waals surface area contributed by atoms with Crippen molar-refractivity contribution in [3.8, 4) is 11.5 Å². The Hall–Kier alpha value is -4.85. The summed E-state index contributed by atoms with van der Waals surface area (Å²) in [6, 6.07) is 3.82. The Morgan fingerprint density at radius 2 is 1.60 bits per heavy atom. The zero-order valence-electron chi connectivity index (χ0n) is 31.3. The second-order valence-electron chi connectivity index (χ2n) is 10.7. The van der Waals surface area contributed by atoms with Gasteiger partial charge in [-0.3, -0.25) is 14.6 Å². The van der Waals surface area contributed by atoms with Crippen LogP contribution < -0.4 is 25.4 Å². The molecular formula is C37H56N8O5. The van der Waals surface area contributed by atoms with Gasteiger partial charge >= 0.3 is 11.9 Å². The summed E-state index contributed by atoms with van der Waals surface area (Å²) in [5, 5.41) is 11.4. The summed E-state index contributed by atoms with van der Waals surface area (Å²) in [4.78, 5) is 33.8. The molecule has 0 atom stereocenters. The minimum Gasteiger partial charge on any atom is -0.495 e. The first-order chi connectivity index (χ1) is 24.0. The van der Waals surface area contributed by atoms with Crippen molar-refractivity contribution in [2.45, 2.75) is 60.5 Å². The number of hydrogen-bond donors (Lipinski definition) is 3. The van der Waals surface area contributed by atoms with Crippen LogP contribution in [-0.2, 0) is 40.3 Å². The van der Waals surface area contributed by atoms with Gasteiger partial charge in [-0.15, -0.1) is 0 Å². The Morgan fingerprint density at radius 3 is 2.16 bits per heavy atom. The van der Waals surface area contributed by atoms with Crippen molar-refractivity contribution in [2.24, 2.45) is 4.99 Å². The highest BCUT2D eigenvalue weighted by atomic mass is 16.5. The Kier molecular flexibility index (Phi) is 21.0. The number of allylic oxidation sites excluding steroid dienone is 1. The SMILES string of the molecule is C=N/C=C\C(=C)OC(C)=O.CCNCCc1cn(CC)c2nccc(OC(C)=O)c12.CCn1cc(CCNC)c2cc(OC)cnc21.CNC. The van der Waals surface area contributed by atoms with E-state index in [-0.39, 0.29) is 11.7 Å². The van der Waals surface area contributed by atoms with Crippen LogP contribution in [0.2, 0.25) is 0 Å². The van der Waals surface area contributed by atoms with Gasteiger partial charge in [0.15, 0.2) is 0 Å². The number of fused-ring (bicyclic) bond motifs is 2. The molecule has 0 amide bonds. The fourth-order valence-electron chi connectivity index (χ4n) is 4.73. The zero-order chi connectivity index (χ0) is 37.5. The molecule has 13 nitrogen and oxygen atoms in total. The molecule has 4 aromatic rings. The number of pyridine rings is 2. The third-order valence-electron chi connectivity index (χ3n) is 6.85. The van der Waals surface area contributed by atoms with Gasteiger partial charge in [-0.25, -0.2) is 9.97 Å². The van der Waals surface area contributed by atoms with Crippen molar-refractivity contribution in [2.75, 3.05) is 47.9 Å². The van der Waals surface area contributed by atoms with Crippen molar-refractivity contribution in [1.82, 2.24) is 35.1 Å². The lowest BCUT2D eigenvalue weighted by molar-refractivity contribution is -0.136. The highest BCUT2D eigenvalue weighted by Gasteiger charge is 2.15. The van der Waals surface area contributed by atoms with Gasteiger partial charge in [0.05, 0.1) is 18.7 Å². The number of nitrogens with one attached hydrogen (secondary N) is 3. The van der Waals surface area contributed by atoms with E-state index in [1.807, 2.05) is 21.1 Å². The van der Waals surface area contributed by atoms with Crippen molar-refractivity contribution in [1.29, 1.82) is 0 Å². The third-order valence-corrected chi connectivity index (χ3v) is 6.85. The molecule has 0 radical (unpaired) electrons. The quantitative estimate of drug-likeness (QED) is 0.0538. The second-order valence-corrected chi connectivity index (χ2v) is 10.7. The summed E-state index contributed by atoms with van der Waals surface area (Å²) < 4.78 is 19.4. The normalized spacial score (nSPS) is 10.3. The number of likely N-dealkylation sites (N-methyl/N-ethyl adjacent to an activating group) is 2. The molecule has 0 spiro atoms. The monoisotopic (exact) mass is 692 g/mol. The molecule has 0 unspecified atom stereocenters. The van der Waals surface area contributed by atoms with Crippen LogP contribution in [0.1, 0.15) is 45.7 Å². The first-order valence-electron chi connectivity index (χ1n) is 16.7. The first kappa shape index (κ1) is 43.2. The molecule has 0 saturated carbocycles. The van der Waals surface area contributed by atoms with Crippen molar-refractivity contribution in [3.05, 3.63) is 72.7 Å². The minimum absolute atomic E-state index is 0.264. The molecule has 0 saturated heterocycles. The van der Waals surface area contributed by atoms with E-state index in [1.54, 1.807) is 25.6 Å². The molecule has 0 aliphatic heterocycles. The Morgan fingerprint density at radius 1 is 0.960 bits per heavy atom. The highest BCUT2D eigenvalue weighted by Crippen LogP contribution is 2.30. The van der Waals surface area contributed by atoms with Crippen molar-refractivity contribution < 1.29 is 23.8 Å². The average molecular weight is 693 g/mol. The summed E-state index contributed by atoms with van der Waals surface area (Å²) in [5.41, 5.74) is 4.40. The van der Waals surface area contributed by atoms with Gasteiger partial charge in [0, 0.05) is 63.2 Å². The topological polar surface area (TPSA) is 146 Å². The Bertz CT molecular complexity index is 1680. The van der Waals surface area contributed by atoms with Crippen LogP contribution in [0, 0.1) is 0 Å². The van der Waals surface area contributed by atoms with Crippen LogP contribution in [0.5, 0.6) is 11.5 Å². The molecule has 274 valence electrons. The fraction of sp³-hybridized carbons (Fsp3) is 0.432. The maximum Gasteiger partial charge on any atom is 0.308 e. The number of carbonyl (C=O) groups is 2. The molecule has 0 fully saturated rings. The van der Waals surface area contributed by atoms with E-state index in [1.165, 1.54) is 37.1 Å². The van der Waals surface area contributed by atoms with Crippen LogP contribution in [-0.4, -0.2) is 85.6 Å². The van der Waals surface area contributed by atoms with Gasteiger partial charge in [-0.1, -0.05) is 13.5 Å². The zero-order valence-corrected chi connectivity index (χ0v) is 31.3. The fourth-order valence-corrected chi connectivity index (χ4v) is 4.73. The number of carbonyl (C=O) groups excluding carboxylic acids is 2. The average Bonchev–Trinajstić information content (AvgIpc) is 3.64. The summed E-state index contributed by atoms with van der Waals surface area (Å²) in [7, 11) is 7.39. The molecule has 0 aliphatic carbocycles. The molecule has 0 bridgehead atoms. The van der Waals surface area contributed by atoms with E-state index in [0.717, 1.165) is 73.6 Å². The molecule has 4 heterocycles. The van der Waals surface area contributed by atoms with Gasteiger partial charge in [-0.05, 0) is 97.5 Å². The van der Waals surface area contributed by atoms with E-state index in [9.17, 15) is 9.59 Å². The van der Waals surface area contributed by atoms with E-state index in [2.05, 4.69) is 97.3 Å². The molecule has 0 aliphatic rings. The predicted molar refractivity (Wildman–Crippen MR) is 203 cm³/mol. The molecule has 4 rings (SSSR count). The van der Waals surface area contributed by atoms with Crippen LogP contribution >= 0.6 is 0 Å². The number of aromatic nitrogens is 4. The third kappa shape index (κ3) is 14.3. The van der Waals surface area contributed by atoms with Crippen LogP contribution in [0.25, 0.3) is 22.1 Å². The summed E-state index contributed by atoms with van der Waals surface area (Å²) in [5.74, 6) is 0.983. The molecule has 0 aromatic carbocycles. The predicted octanol–water partition coefficient (Wildman–Crippen LogP) is 5.07. The number of methoxy groups -OCH3 is 1. The lowest BCUT2D eigenvalue weighted by Crippen LogP contribution is -2.16. The molecular weight excluding hydrogens is 636 g/mol. The lowest BCUT2D eigenvalue weighted by Gasteiger charge is -2.06. The van der Waals surface area contributed by atoms with Crippen molar-refractivity contribution in [3.63, 3.8) is 0 Å². The summed E-state index contributed by atoms with van der Waals surface area (Å²) >= 11 is 0.